The molecule has 0 saturated carbocycles. The number of hydrogen-bond acceptors (Lipinski definition) is 5. The molecular formula is C24H17ClN2O5. The van der Waals surface area contributed by atoms with Gasteiger partial charge in [0.2, 0.25) is 0 Å². The zero-order chi connectivity index (χ0) is 22.7. The van der Waals surface area contributed by atoms with Crippen molar-refractivity contribution >= 4 is 40.5 Å². The minimum atomic E-state index is -1.07. The third-order valence-corrected chi connectivity index (χ3v) is 5.11. The average Bonchev–Trinajstić information content (AvgIpc) is 3.26. The van der Waals surface area contributed by atoms with Crippen molar-refractivity contribution in [3.05, 3.63) is 88.6 Å². The Morgan fingerprint density at radius 1 is 1.06 bits per heavy atom. The van der Waals surface area contributed by atoms with E-state index >= 15 is 0 Å². The number of fused-ring (bicyclic) bond motifs is 1. The van der Waals surface area contributed by atoms with Crippen LogP contribution in [0.15, 0.2) is 76.2 Å². The van der Waals surface area contributed by atoms with Gasteiger partial charge in [-0.1, -0.05) is 35.9 Å². The van der Waals surface area contributed by atoms with Crippen molar-refractivity contribution in [1.82, 2.24) is 5.43 Å². The van der Waals surface area contributed by atoms with E-state index in [0.717, 1.165) is 10.8 Å². The fourth-order valence-corrected chi connectivity index (χ4v) is 3.41. The van der Waals surface area contributed by atoms with Gasteiger partial charge in [0, 0.05) is 5.56 Å². The van der Waals surface area contributed by atoms with Crippen LogP contribution in [-0.4, -0.2) is 30.3 Å². The van der Waals surface area contributed by atoms with Crippen molar-refractivity contribution in [1.29, 1.82) is 0 Å². The Hall–Kier alpha value is -4.10. The van der Waals surface area contributed by atoms with Gasteiger partial charge < -0.3 is 14.3 Å². The van der Waals surface area contributed by atoms with Crippen molar-refractivity contribution in [2.75, 3.05) is 7.11 Å². The lowest BCUT2D eigenvalue weighted by atomic mass is 10.1. The molecule has 0 unspecified atom stereocenters. The van der Waals surface area contributed by atoms with Crippen molar-refractivity contribution in [3.63, 3.8) is 0 Å². The van der Waals surface area contributed by atoms with Gasteiger partial charge in [-0.15, -0.1) is 0 Å². The highest BCUT2D eigenvalue weighted by molar-refractivity contribution is 6.33. The van der Waals surface area contributed by atoms with Crippen LogP contribution in [0, 0.1) is 0 Å². The Kier molecular flexibility index (Phi) is 5.91. The number of amides is 1. The van der Waals surface area contributed by atoms with Gasteiger partial charge in [-0.3, -0.25) is 4.79 Å². The third kappa shape index (κ3) is 4.33. The molecule has 0 bridgehead atoms. The summed E-state index contributed by atoms with van der Waals surface area (Å²) in [6.45, 7) is 0. The number of furan rings is 1. The van der Waals surface area contributed by atoms with Gasteiger partial charge in [-0.25, -0.2) is 10.2 Å². The number of halogens is 1. The van der Waals surface area contributed by atoms with Crippen LogP contribution >= 0.6 is 11.6 Å². The smallest absolute Gasteiger partial charge is 0.335 e. The third-order valence-electron chi connectivity index (χ3n) is 4.78. The summed E-state index contributed by atoms with van der Waals surface area (Å²) in [7, 11) is 1.50. The molecule has 7 nitrogen and oxygen atoms in total. The molecule has 160 valence electrons. The van der Waals surface area contributed by atoms with Gasteiger partial charge >= 0.3 is 5.97 Å². The Labute approximate surface area is 187 Å². The van der Waals surface area contributed by atoms with Crippen LogP contribution in [0.3, 0.4) is 0 Å². The summed E-state index contributed by atoms with van der Waals surface area (Å²) in [6, 6.07) is 18.8. The topological polar surface area (TPSA) is 101 Å². The van der Waals surface area contributed by atoms with Gasteiger partial charge in [0.25, 0.3) is 5.91 Å². The first-order valence-electron chi connectivity index (χ1n) is 9.49. The van der Waals surface area contributed by atoms with Crippen LogP contribution in [0.4, 0.5) is 0 Å². The van der Waals surface area contributed by atoms with Crippen molar-refractivity contribution < 1.29 is 23.8 Å². The van der Waals surface area contributed by atoms with Gasteiger partial charge in [0.1, 0.15) is 17.3 Å². The number of ether oxygens (including phenoxy) is 1. The molecule has 0 aliphatic heterocycles. The molecule has 0 atom stereocenters. The van der Waals surface area contributed by atoms with E-state index in [0.29, 0.717) is 33.4 Å². The van der Waals surface area contributed by atoms with E-state index in [1.807, 2.05) is 24.3 Å². The first-order chi connectivity index (χ1) is 15.5. The lowest BCUT2D eigenvalue weighted by molar-refractivity contribution is 0.0696. The highest BCUT2D eigenvalue weighted by atomic mass is 35.5. The maximum Gasteiger partial charge on any atom is 0.335 e. The van der Waals surface area contributed by atoms with Crippen LogP contribution in [0.1, 0.15) is 26.5 Å². The van der Waals surface area contributed by atoms with E-state index in [4.69, 9.17) is 25.9 Å². The Bertz CT molecular complexity index is 1360. The first kappa shape index (κ1) is 21.1. The van der Waals surface area contributed by atoms with Crippen molar-refractivity contribution in [2.24, 2.45) is 5.10 Å². The molecular weight excluding hydrogens is 432 g/mol. The lowest BCUT2D eigenvalue weighted by Crippen LogP contribution is -2.18. The van der Waals surface area contributed by atoms with E-state index in [1.54, 1.807) is 24.3 Å². The van der Waals surface area contributed by atoms with Crippen LogP contribution in [0.2, 0.25) is 5.02 Å². The molecule has 4 rings (SSSR count). The minimum absolute atomic E-state index is 0.0904. The highest BCUT2D eigenvalue weighted by Gasteiger charge is 2.14. The molecule has 1 amide bonds. The zero-order valence-electron chi connectivity index (χ0n) is 16.8. The number of carboxylic acid groups (broad SMARTS) is 1. The summed E-state index contributed by atoms with van der Waals surface area (Å²) in [5, 5.41) is 15.3. The average molecular weight is 449 g/mol. The number of hydrazone groups is 1. The van der Waals surface area contributed by atoms with Gasteiger partial charge in [-0.05, 0) is 53.2 Å². The standard InChI is InChI=1S/C24H17ClN2O5/c1-31-22-12-15-5-3-2-4-14(15)10-19(22)23(28)27-26-13-17-7-9-21(32-17)18-11-16(24(29)30)6-8-20(18)25/h2-13H,1H3,(H,27,28)(H,29,30). The summed E-state index contributed by atoms with van der Waals surface area (Å²) in [6.07, 6.45) is 1.34. The van der Waals surface area contributed by atoms with Gasteiger partial charge in [0.15, 0.2) is 0 Å². The number of nitrogens with one attached hydrogen (secondary N) is 1. The summed E-state index contributed by atoms with van der Waals surface area (Å²) in [5.41, 5.74) is 3.34. The molecule has 0 aliphatic rings. The molecule has 1 heterocycles. The SMILES string of the molecule is COc1cc2ccccc2cc1C(=O)NN=Cc1ccc(-c2cc(C(=O)O)ccc2Cl)o1. The predicted molar refractivity (Wildman–Crippen MR) is 122 cm³/mol. The fourth-order valence-electron chi connectivity index (χ4n) is 3.19. The number of aromatic carboxylic acids is 1. The molecule has 1 aromatic heterocycles. The second-order valence-corrected chi connectivity index (χ2v) is 7.21. The summed E-state index contributed by atoms with van der Waals surface area (Å²) in [5.74, 6) is -0.342. The second-order valence-electron chi connectivity index (χ2n) is 6.80. The minimum Gasteiger partial charge on any atom is -0.496 e. The normalized spacial score (nSPS) is 11.1. The number of benzene rings is 3. The summed E-state index contributed by atoms with van der Waals surface area (Å²) >= 11 is 6.17. The van der Waals surface area contributed by atoms with E-state index in [2.05, 4.69) is 10.5 Å². The monoisotopic (exact) mass is 448 g/mol. The number of rotatable bonds is 6. The van der Waals surface area contributed by atoms with Crippen molar-refractivity contribution in [2.45, 2.75) is 0 Å². The van der Waals surface area contributed by atoms with Crippen LogP contribution in [0.25, 0.3) is 22.1 Å². The van der Waals surface area contributed by atoms with E-state index in [-0.39, 0.29) is 5.56 Å². The Morgan fingerprint density at radius 3 is 2.53 bits per heavy atom. The fraction of sp³-hybridized carbons (Fsp3) is 0.0417. The Balaban J connectivity index is 1.52. The molecule has 0 saturated heterocycles. The van der Waals surface area contributed by atoms with Crippen LogP contribution in [-0.2, 0) is 0 Å². The molecule has 3 aromatic carbocycles. The van der Waals surface area contributed by atoms with Crippen molar-refractivity contribution in [3.8, 4) is 17.1 Å². The number of methoxy groups -OCH3 is 1. The number of carbonyl (C=O) groups is 2. The summed E-state index contributed by atoms with van der Waals surface area (Å²) in [4.78, 5) is 23.8. The lowest BCUT2D eigenvalue weighted by Gasteiger charge is -2.09. The summed E-state index contributed by atoms with van der Waals surface area (Å²) < 4.78 is 11.0. The highest BCUT2D eigenvalue weighted by Crippen LogP contribution is 2.30. The molecule has 0 aliphatic carbocycles. The Morgan fingerprint density at radius 2 is 1.81 bits per heavy atom. The molecule has 0 radical (unpaired) electrons. The predicted octanol–water partition coefficient (Wildman–Crippen LogP) is 5.22. The largest absolute Gasteiger partial charge is 0.496 e. The van der Waals surface area contributed by atoms with E-state index in [1.165, 1.54) is 31.5 Å². The maximum absolute atomic E-state index is 12.6. The number of carbonyl (C=O) groups excluding carboxylic acids is 1. The number of hydrogen-bond donors (Lipinski definition) is 2. The molecule has 8 heteroatoms. The first-order valence-corrected chi connectivity index (χ1v) is 9.87. The van der Waals surface area contributed by atoms with Crippen LogP contribution in [0.5, 0.6) is 5.75 Å². The molecule has 0 fully saturated rings. The number of carboxylic acids is 1. The zero-order valence-corrected chi connectivity index (χ0v) is 17.6. The second kappa shape index (κ2) is 8.95. The molecule has 2 N–H and O–H groups in total. The molecule has 32 heavy (non-hydrogen) atoms. The van der Waals surface area contributed by atoms with Gasteiger partial charge in [0.05, 0.1) is 29.5 Å². The van der Waals surface area contributed by atoms with Crippen LogP contribution < -0.4 is 10.2 Å². The quantitative estimate of drug-likeness (QED) is 0.311. The molecule has 4 aromatic rings. The molecule has 0 spiro atoms. The van der Waals surface area contributed by atoms with E-state index in [9.17, 15) is 9.59 Å². The maximum atomic E-state index is 12.6. The number of nitrogens with zero attached hydrogens (tertiary/aromatic N) is 1. The van der Waals surface area contributed by atoms with E-state index < -0.39 is 11.9 Å². The van der Waals surface area contributed by atoms with Gasteiger partial charge in [-0.2, -0.15) is 5.10 Å².